The first-order chi connectivity index (χ1) is 7.36. The van der Waals surface area contributed by atoms with Gasteiger partial charge in [0.2, 0.25) is 0 Å². The average Bonchev–Trinajstić information content (AvgIpc) is 2.83. The molecule has 1 aromatic heterocycles. The topological polar surface area (TPSA) is 24.9 Å². The molecule has 1 aromatic rings. The van der Waals surface area contributed by atoms with Gasteiger partial charge in [-0.1, -0.05) is 23.7 Å². The van der Waals surface area contributed by atoms with Crippen LogP contribution in [0.3, 0.4) is 0 Å². The first-order valence-electron chi connectivity index (χ1n) is 5.36. The number of nitrogens with zero attached hydrogens (tertiary/aromatic N) is 1. The van der Waals surface area contributed by atoms with Gasteiger partial charge < -0.3 is 5.32 Å². The Morgan fingerprint density at radius 1 is 1.40 bits per heavy atom. The van der Waals surface area contributed by atoms with Crippen molar-refractivity contribution < 1.29 is 0 Å². The fraction of sp³-hybridized carbons (Fsp3) is 0.417. The maximum atomic E-state index is 6.17. The summed E-state index contributed by atoms with van der Waals surface area (Å²) in [4.78, 5) is 4.42. The number of pyridine rings is 1. The monoisotopic (exact) mass is 220 g/mol. The summed E-state index contributed by atoms with van der Waals surface area (Å²) in [5.41, 5.74) is 1.14. The summed E-state index contributed by atoms with van der Waals surface area (Å²) in [7, 11) is 0. The summed E-state index contributed by atoms with van der Waals surface area (Å²) in [5.74, 6) is 1.12. The lowest BCUT2D eigenvalue weighted by atomic mass is 9.91. The zero-order valence-corrected chi connectivity index (χ0v) is 9.11. The van der Waals surface area contributed by atoms with Crippen LogP contribution in [0.2, 0.25) is 0 Å². The van der Waals surface area contributed by atoms with Crippen LogP contribution in [0.1, 0.15) is 18.2 Å². The molecule has 3 rings (SSSR count). The van der Waals surface area contributed by atoms with Crippen LogP contribution < -0.4 is 5.32 Å². The molecule has 2 aliphatic rings. The first-order valence-corrected chi connectivity index (χ1v) is 5.74. The molecule has 0 aromatic carbocycles. The Labute approximate surface area is 94.4 Å². The van der Waals surface area contributed by atoms with Gasteiger partial charge in [-0.25, -0.2) is 0 Å². The van der Waals surface area contributed by atoms with Gasteiger partial charge in [-0.15, -0.1) is 0 Å². The third-order valence-electron chi connectivity index (χ3n) is 3.45. The Kier molecular flexibility index (Phi) is 2.26. The number of halogens is 1. The zero-order chi connectivity index (χ0) is 10.3. The van der Waals surface area contributed by atoms with Crippen LogP contribution in [-0.2, 0) is 0 Å². The molecule has 78 valence electrons. The Bertz CT molecular complexity index is 388. The van der Waals surface area contributed by atoms with Gasteiger partial charge in [-0.05, 0) is 24.5 Å². The third kappa shape index (κ3) is 1.48. The van der Waals surface area contributed by atoms with E-state index in [1.807, 2.05) is 18.3 Å². The summed E-state index contributed by atoms with van der Waals surface area (Å²) in [6.07, 6.45) is 5.10. The summed E-state index contributed by atoms with van der Waals surface area (Å²) in [6.45, 7) is 0.987. The molecule has 1 aliphatic heterocycles. The molecular weight excluding hydrogens is 208 g/mol. The summed E-state index contributed by atoms with van der Waals surface area (Å²) in [6, 6.07) is 6.47. The van der Waals surface area contributed by atoms with Crippen LogP contribution in [-0.4, -0.2) is 11.5 Å². The molecule has 1 saturated heterocycles. The van der Waals surface area contributed by atoms with E-state index in [1.165, 1.54) is 0 Å². The largest absolute Gasteiger partial charge is 0.308 e. The second kappa shape index (κ2) is 3.62. The van der Waals surface area contributed by atoms with Gasteiger partial charge in [0.15, 0.2) is 0 Å². The van der Waals surface area contributed by atoms with Gasteiger partial charge in [-0.2, -0.15) is 0 Å². The molecule has 3 atom stereocenters. The van der Waals surface area contributed by atoms with Crippen LogP contribution in [0.4, 0.5) is 0 Å². The molecule has 0 bridgehead atoms. The highest BCUT2D eigenvalue weighted by atomic mass is 35.5. The van der Waals surface area contributed by atoms with Crippen molar-refractivity contribution in [2.45, 2.75) is 12.5 Å². The van der Waals surface area contributed by atoms with Crippen molar-refractivity contribution >= 4 is 11.6 Å². The molecule has 0 saturated carbocycles. The molecule has 3 heteroatoms. The lowest BCUT2D eigenvalue weighted by Gasteiger charge is -2.17. The zero-order valence-electron chi connectivity index (χ0n) is 8.36. The Morgan fingerprint density at radius 2 is 2.33 bits per heavy atom. The Morgan fingerprint density at radius 3 is 3.13 bits per heavy atom. The Hall–Kier alpha value is -0.860. The molecule has 1 fully saturated rings. The van der Waals surface area contributed by atoms with Gasteiger partial charge in [0.25, 0.3) is 0 Å². The molecule has 1 unspecified atom stereocenters. The normalized spacial score (nSPS) is 33.9. The molecule has 2 heterocycles. The minimum atomic E-state index is 0.378. The van der Waals surface area contributed by atoms with Crippen molar-refractivity contribution in [2.75, 3.05) is 6.54 Å². The van der Waals surface area contributed by atoms with Crippen molar-refractivity contribution in [3.8, 4) is 0 Å². The highest BCUT2D eigenvalue weighted by Gasteiger charge is 2.41. The van der Waals surface area contributed by atoms with Gasteiger partial charge in [0.05, 0.1) is 11.7 Å². The van der Waals surface area contributed by atoms with Gasteiger partial charge in [-0.3, -0.25) is 4.98 Å². The number of allylic oxidation sites excluding steroid dienone is 1. The standard InChI is InChI=1S/C12H13ClN2/c13-10-5-4-8-9(10)7-15-12(8)11-3-1-2-6-14-11/h1-3,5-6,8-9,12,15H,4,7H2/t8-,9-,12?/m0/s1. The number of rotatable bonds is 1. The highest BCUT2D eigenvalue weighted by molar-refractivity contribution is 6.30. The number of aromatic nitrogens is 1. The number of nitrogens with one attached hydrogen (secondary N) is 1. The van der Waals surface area contributed by atoms with Gasteiger partial charge >= 0.3 is 0 Å². The number of fused-ring (bicyclic) bond motifs is 1. The van der Waals surface area contributed by atoms with Crippen LogP contribution in [0.25, 0.3) is 0 Å². The lowest BCUT2D eigenvalue weighted by molar-refractivity contribution is 0.431. The highest BCUT2D eigenvalue weighted by Crippen LogP contribution is 2.44. The fourth-order valence-corrected chi connectivity index (χ4v) is 3.00. The van der Waals surface area contributed by atoms with E-state index in [0.29, 0.717) is 17.9 Å². The van der Waals surface area contributed by atoms with Crippen molar-refractivity contribution in [3.05, 3.63) is 41.2 Å². The summed E-state index contributed by atoms with van der Waals surface area (Å²) in [5, 5.41) is 4.55. The van der Waals surface area contributed by atoms with Crippen LogP contribution >= 0.6 is 11.6 Å². The number of hydrogen-bond acceptors (Lipinski definition) is 2. The van der Waals surface area contributed by atoms with E-state index in [1.54, 1.807) is 0 Å². The molecule has 0 radical (unpaired) electrons. The van der Waals surface area contributed by atoms with E-state index in [9.17, 15) is 0 Å². The predicted molar refractivity (Wildman–Crippen MR) is 60.5 cm³/mol. The molecule has 0 amide bonds. The molecular formula is C12H13ClN2. The van der Waals surface area contributed by atoms with Gasteiger partial charge in [0, 0.05) is 23.7 Å². The average molecular weight is 221 g/mol. The van der Waals surface area contributed by atoms with E-state index in [2.05, 4.69) is 22.4 Å². The van der Waals surface area contributed by atoms with Crippen LogP contribution in [0, 0.1) is 11.8 Å². The van der Waals surface area contributed by atoms with E-state index < -0.39 is 0 Å². The van der Waals surface area contributed by atoms with Crippen molar-refractivity contribution in [1.82, 2.24) is 10.3 Å². The smallest absolute Gasteiger partial charge is 0.0576 e. The lowest BCUT2D eigenvalue weighted by Crippen LogP contribution is -2.18. The van der Waals surface area contributed by atoms with E-state index in [4.69, 9.17) is 11.6 Å². The van der Waals surface area contributed by atoms with E-state index >= 15 is 0 Å². The quantitative estimate of drug-likeness (QED) is 0.787. The second-order valence-electron chi connectivity index (χ2n) is 4.24. The fourth-order valence-electron chi connectivity index (χ4n) is 2.68. The minimum Gasteiger partial charge on any atom is -0.308 e. The van der Waals surface area contributed by atoms with E-state index in [-0.39, 0.29) is 0 Å². The van der Waals surface area contributed by atoms with Crippen LogP contribution in [0.15, 0.2) is 35.5 Å². The second-order valence-corrected chi connectivity index (χ2v) is 4.67. The van der Waals surface area contributed by atoms with Crippen molar-refractivity contribution in [2.24, 2.45) is 11.8 Å². The third-order valence-corrected chi connectivity index (χ3v) is 3.88. The first kappa shape index (κ1) is 9.37. The van der Waals surface area contributed by atoms with Crippen molar-refractivity contribution in [1.29, 1.82) is 0 Å². The molecule has 15 heavy (non-hydrogen) atoms. The van der Waals surface area contributed by atoms with Crippen molar-refractivity contribution in [3.63, 3.8) is 0 Å². The van der Waals surface area contributed by atoms with Crippen LogP contribution in [0.5, 0.6) is 0 Å². The Balaban J connectivity index is 1.86. The SMILES string of the molecule is ClC1=CC[C@@H]2C(c3ccccn3)NC[C@H]12. The molecule has 1 N–H and O–H groups in total. The number of hydrogen-bond donors (Lipinski definition) is 1. The summed E-state index contributed by atoms with van der Waals surface area (Å²) < 4.78 is 0. The predicted octanol–water partition coefficient (Wildman–Crippen LogP) is 2.48. The molecule has 2 nitrogen and oxygen atoms in total. The van der Waals surface area contributed by atoms with Gasteiger partial charge in [0.1, 0.15) is 0 Å². The summed E-state index contributed by atoms with van der Waals surface area (Å²) >= 11 is 6.17. The minimum absolute atomic E-state index is 0.378. The van der Waals surface area contributed by atoms with E-state index in [0.717, 1.165) is 23.7 Å². The molecule has 0 spiro atoms. The maximum Gasteiger partial charge on any atom is 0.0576 e. The molecule has 1 aliphatic carbocycles. The maximum absolute atomic E-state index is 6.17.